The third kappa shape index (κ3) is 2.85. The maximum Gasteiger partial charge on any atom is 0.227 e. The molecule has 0 aliphatic carbocycles. The van der Waals surface area contributed by atoms with Crippen molar-refractivity contribution >= 4 is 12.4 Å². The van der Waals surface area contributed by atoms with Crippen molar-refractivity contribution < 1.29 is 9.26 Å². The molecule has 4 heterocycles. The molecule has 3 atom stereocenters. The minimum absolute atomic E-state index is 0. The van der Waals surface area contributed by atoms with Crippen LogP contribution in [-0.4, -0.2) is 28.8 Å². The van der Waals surface area contributed by atoms with E-state index in [1.807, 2.05) is 0 Å². The van der Waals surface area contributed by atoms with Crippen molar-refractivity contribution in [2.24, 2.45) is 5.92 Å². The van der Waals surface area contributed by atoms with Crippen molar-refractivity contribution in [2.45, 2.75) is 63.1 Å². The summed E-state index contributed by atoms with van der Waals surface area (Å²) in [6.45, 7) is 0.826. The second kappa shape index (κ2) is 6.00. The standard InChI is InChI=1S/C14H21N3O2.ClH/c1-2-12(18-5-1)14-16-13(19-17-14)8-9-6-10-3-4-11(7-9)15-10;/h9-12,15H,1-8H2;1H. The van der Waals surface area contributed by atoms with Gasteiger partial charge in [0.1, 0.15) is 6.10 Å². The summed E-state index contributed by atoms with van der Waals surface area (Å²) in [4.78, 5) is 4.53. The topological polar surface area (TPSA) is 60.2 Å². The lowest BCUT2D eigenvalue weighted by Gasteiger charge is -2.28. The van der Waals surface area contributed by atoms with E-state index in [-0.39, 0.29) is 18.5 Å². The minimum atomic E-state index is 0. The second-order valence-electron chi connectivity index (χ2n) is 6.23. The number of nitrogens with zero attached hydrogens (tertiary/aromatic N) is 2. The van der Waals surface area contributed by atoms with Crippen LogP contribution in [0.15, 0.2) is 4.52 Å². The highest BCUT2D eigenvalue weighted by Crippen LogP contribution is 2.33. The molecule has 0 radical (unpaired) electrons. The van der Waals surface area contributed by atoms with Crippen LogP contribution in [0.3, 0.4) is 0 Å². The van der Waals surface area contributed by atoms with Gasteiger partial charge in [0, 0.05) is 25.1 Å². The van der Waals surface area contributed by atoms with Gasteiger partial charge in [0.05, 0.1) is 0 Å². The van der Waals surface area contributed by atoms with Crippen LogP contribution < -0.4 is 5.32 Å². The van der Waals surface area contributed by atoms with E-state index >= 15 is 0 Å². The number of aromatic nitrogens is 2. The summed E-state index contributed by atoms with van der Waals surface area (Å²) in [5, 5.41) is 7.76. The molecule has 1 N–H and O–H groups in total. The predicted molar refractivity (Wildman–Crippen MR) is 75.8 cm³/mol. The average Bonchev–Trinajstić information content (AvgIpc) is 3.10. The van der Waals surface area contributed by atoms with Crippen molar-refractivity contribution in [2.75, 3.05) is 6.61 Å². The molecule has 1 aromatic rings. The molecule has 112 valence electrons. The fraction of sp³-hybridized carbons (Fsp3) is 0.857. The Morgan fingerprint density at radius 3 is 2.65 bits per heavy atom. The van der Waals surface area contributed by atoms with E-state index < -0.39 is 0 Å². The molecule has 5 nitrogen and oxygen atoms in total. The maximum atomic E-state index is 5.59. The highest BCUT2D eigenvalue weighted by molar-refractivity contribution is 5.85. The summed E-state index contributed by atoms with van der Waals surface area (Å²) in [5.74, 6) is 2.26. The van der Waals surface area contributed by atoms with E-state index in [1.54, 1.807) is 0 Å². The van der Waals surface area contributed by atoms with Gasteiger partial charge in [-0.15, -0.1) is 12.4 Å². The third-order valence-electron chi connectivity index (χ3n) is 4.74. The van der Waals surface area contributed by atoms with Gasteiger partial charge in [-0.3, -0.25) is 0 Å². The second-order valence-corrected chi connectivity index (χ2v) is 6.23. The zero-order valence-corrected chi connectivity index (χ0v) is 12.4. The molecule has 2 bridgehead atoms. The number of hydrogen-bond acceptors (Lipinski definition) is 5. The summed E-state index contributed by atoms with van der Waals surface area (Å²) < 4.78 is 11.0. The minimum Gasteiger partial charge on any atom is -0.370 e. The molecule has 3 saturated heterocycles. The Kier molecular flexibility index (Phi) is 4.29. The molecular weight excluding hydrogens is 278 g/mol. The molecule has 0 amide bonds. The van der Waals surface area contributed by atoms with Crippen molar-refractivity contribution in [3.8, 4) is 0 Å². The van der Waals surface area contributed by atoms with Gasteiger partial charge in [-0.05, 0) is 44.4 Å². The number of rotatable bonds is 3. The van der Waals surface area contributed by atoms with Gasteiger partial charge in [0.15, 0.2) is 0 Å². The first-order valence-electron chi connectivity index (χ1n) is 7.57. The van der Waals surface area contributed by atoms with E-state index in [4.69, 9.17) is 9.26 Å². The summed E-state index contributed by atoms with van der Waals surface area (Å²) in [5.41, 5.74) is 0. The summed E-state index contributed by atoms with van der Waals surface area (Å²) >= 11 is 0. The zero-order valence-electron chi connectivity index (χ0n) is 11.6. The largest absolute Gasteiger partial charge is 0.370 e. The first-order chi connectivity index (χ1) is 9.37. The average molecular weight is 300 g/mol. The number of fused-ring (bicyclic) bond motifs is 2. The van der Waals surface area contributed by atoms with Gasteiger partial charge in [0.25, 0.3) is 0 Å². The van der Waals surface area contributed by atoms with E-state index in [0.29, 0.717) is 5.92 Å². The van der Waals surface area contributed by atoms with Crippen LogP contribution in [0.1, 0.15) is 56.3 Å². The zero-order chi connectivity index (χ0) is 12.7. The number of hydrogen-bond donors (Lipinski definition) is 1. The molecule has 4 rings (SSSR count). The Bertz CT molecular complexity index is 435. The van der Waals surface area contributed by atoms with Crippen molar-refractivity contribution in [3.63, 3.8) is 0 Å². The van der Waals surface area contributed by atoms with Crippen LogP contribution in [0, 0.1) is 5.92 Å². The third-order valence-corrected chi connectivity index (χ3v) is 4.74. The number of nitrogens with one attached hydrogen (secondary N) is 1. The van der Waals surface area contributed by atoms with Gasteiger partial charge in [0.2, 0.25) is 11.7 Å². The molecule has 3 fully saturated rings. The molecule has 20 heavy (non-hydrogen) atoms. The normalized spacial score (nSPS) is 36.0. The van der Waals surface area contributed by atoms with E-state index in [0.717, 1.165) is 49.7 Å². The molecule has 0 aromatic carbocycles. The molecule has 0 spiro atoms. The molecule has 0 saturated carbocycles. The van der Waals surface area contributed by atoms with Crippen LogP contribution in [0.25, 0.3) is 0 Å². The first-order valence-corrected chi connectivity index (χ1v) is 7.57. The molecule has 6 heteroatoms. The van der Waals surface area contributed by atoms with Gasteiger partial charge in [-0.2, -0.15) is 4.98 Å². The summed E-state index contributed by atoms with van der Waals surface area (Å²) in [7, 11) is 0. The highest BCUT2D eigenvalue weighted by atomic mass is 35.5. The SMILES string of the molecule is C1COC(c2noc(CC3CC4CCC(C3)N4)n2)C1.Cl. The van der Waals surface area contributed by atoms with Crippen LogP contribution in [0.5, 0.6) is 0 Å². The predicted octanol–water partition coefficient (Wildman–Crippen LogP) is 2.42. The summed E-state index contributed by atoms with van der Waals surface area (Å²) in [6.07, 6.45) is 8.33. The van der Waals surface area contributed by atoms with Gasteiger partial charge in [-0.1, -0.05) is 5.16 Å². The highest BCUT2D eigenvalue weighted by Gasteiger charge is 2.34. The number of piperidine rings is 1. The Morgan fingerprint density at radius 2 is 1.95 bits per heavy atom. The fourth-order valence-electron chi connectivity index (χ4n) is 3.85. The Labute approximate surface area is 125 Å². The van der Waals surface area contributed by atoms with Gasteiger partial charge >= 0.3 is 0 Å². The van der Waals surface area contributed by atoms with E-state index in [2.05, 4.69) is 15.5 Å². The van der Waals surface area contributed by atoms with Gasteiger partial charge < -0.3 is 14.6 Å². The van der Waals surface area contributed by atoms with Crippen molar-refractivity contribution in [1.82, 2.24) is 15.5 Å². The Balaban J connectivity index is 0.00000121. The first kappa shape index (κ1) is 14.3. The maximum absolute atomic E-state index is 5.59. The molecule has 3 aliphatic rings. The molecular formula is C14H22ClN3O2. The lowest BCUT2D eigenvalue weighted by atomic mass is 9.90. The van der Waals surface area contributed by atoms with Crippen LogP contribution in [-0.2, 0) is 11.2 Å². The Hall–Kier alpha value is -0.650. The molecule has 1 aromatic heterocycles. The number of halogens is 1. The molecule has 3 aliphatic heterocycles. The smallest absolute Gasteiger partial charge is 0.227 e. The van der Waals surface area contributed by atoms with Crippen molar-refractivity contribution in [1.29, 1.82) is 0 Å². The quantitative estimate of drug-likeness (QED) is 0.929. The van der Waals surface area contributed by atoms with E-state index in [9.17, 15) is 0 Å². The van der Waals surface area contributed by atoms with Gasteiger partial charge in [-0.25, -0.2) is 0 Å². The van der Waals surface area contributed by atoms with Crippen LogP contribution in [0.2, 0.25) is 0 Å². The lowest BCUT2D eigenvalue weighted by Crippen LogP contribution is -2.38. The van der Waals surface area contributed by atoms with Crippen LogP contribution >= 0.6 is 12.4 Å². The van der Waals surface area contributed by atoms with E-state index in [1.165, 1.54) is 25.7 Å². The number of ether oxygens (including phenoxy) is 1. The monoisotopic (exact) mass is 299 g/mol. The van der Waals surface area contributed by atoms with Crippen LogP contribution in [0.4, 0.5) is 0 Å². The fourth-order valence-corrected chi connectivity index (χ4v) is 3.85. The van der Waals surface area contributed by atoms with Crippen molar-refractivity contribution in [3.05, 3.63) is 11.7 Å². The lowest BCUT2D eigenvalue weighted by molar-refractivity contribution is 0.103. The summed E-state index contributed by atoms with van der Waals surface area (Å²) in [6, 6.07) is 1.45. The molecule has 3 unspecified atom stereocenters. The Morgan fingerprint density at radius 1 is 1.15 bits per heavy atom.